The maximum atomic E-state index is 5.20. The van der Waals surface area contributed by atoms with Crippen molar-refractivity contribution in [3.05, 3.63) is 0 Å². The van der Waals surface area contributed by atoms with Gasteiger partial charge in [-0.05, 0) is 13.8 Å². The van der Waals surface area contributed by atoms with Gasteiger partial charge in [0, 0.05) is 20.1 Å². The smallest absolute Gasteiger partial charge is 0.220 e. The molecule has 4 N–H and O–H groups in total. The van der Waals surface area contributed by atoms with E-state index in [4.69, 9.17) is 5.84 Å². The Balaban J connectivity index is 3.94. The quantitative estimate of drug-likeness (QED) is 0.215. The van der Waals surface area contributed by atoms with Crippen molar-refractivity contribution < 1.29 is 0 Å². The van der Waals surface area contributed by atoms with E-state index in [2.05, 4.69) is 15.8 Å². The average Bonchev–Trinajstić information content (AvgIpc) is 1.84. The molecule has 0 aliphatic rings. The van der Waals surface area contributed by atoms with Gasteiger partial charge in [0.25, 0.3) is 0 Å². The van der Waals surface area contributed by atoms with Gasteiger partial charge in [-0.2, -0.15) is 0 Å². The first-order valence-corrected chi connectivity index (χ1v) is 3.54. The van der Waals surface area contributed by atoms with Crippen LogP contribution in [-0.2, 0) is 0 Å². The summed E-state index contributed by atoms with van der Waals surface area (Å²) in [6.07, 6.45) is 0. The topological polar surface area (TPSA) is 65.7 Å². The molecule has 0 fully saturated rings. The summed E-state index contributed by atoms with van der Waals surface area (Å²) in [7, 11) is 3.74. The molecule has 11 heavy (non-hydrogen) atoms. The summed E-state index contributed by atoms with van der Waals surface area (Å²) in [5.41, 5.74) is 5.37. The van der Waals surface area contributed by atoms with Crippen LogP contribution in [0, 0.1) is 0 Å². The molecule has 0 unspecified atom stereocenters. The highest BCUT2D eigenvalue weighted by atomic mass is 15.5. The minimum atomic E-state index is 0.230. The van der Waals surface area contributed by atoms with Crippen LogP contribution in [0.25, 0.3) is 0 Å². The van der Waals surface area contributed by atoms with Crippen LogP contribution >= 0.6 is 0 Å². The van der Waals surface area contributed by atoms with Gasteiger partial charge >= 0.3 is 0 Å². The monoisotopic (exact) mass is 159 g/mol. The normalized spacial score (nSPS) is 12.5. The standard InChI is InChI=1S/C6H17N5/c1-5(2)8-6(9-7)10-11(3)4/h5H,7H2,1-4H3,(H2,8,9,10). The van der Waals surface area contributed by atoms with E-state index in [1.807, 2.05) is 27.9 Å². The maximum Gasteiger partial charge on any atom is 0.220 e. The number of hydrogen-bond donors (Lipinski definition) is 3. The summed E-state index contributed by atoms with van der Waals surface area (Å²) in [6, 6.07) is 0.230. The van der Waals surface area contributed by atoms with Crippen LogP contribution < -0.4 is 16.7 Å². The molecule has 0 bridgehead atoms. The highest BCUT2D eigenvalue weighted by molar-refractivity contribution is 5.78. The number of hydrogen-bond acceptors (Lipinski definition) is 3. The van der Waals surface area contributed by atoms with Gasteiger partial charge in [0.1, 0.15) is 0 Å². The number of nitrogens with one attached hydrogen (secondary N) is 2. The zero-order valence-corrected chi connectivity index (χ0v) is 7.55. The van der Waals surface area contributed by atoms with Crippen LogP contribution in [0.15, 0.2) is 4.99 Å². The number of nitrogens with zero attached hydrogens (tertiary/aromatic N) is 2. The van der Waals surface area contributed by atoms with E-state index in [9.17, 15) is 0 Å². The molecule has 0 atom stereocenters. The summed E-state index contributed by atoms with van der Waals surface area (Å²) in [6.45, 7) is 3.96. The Morgan fingerprint density at radius 1 is 1.45 bits per heavy atom. The van der Waals surface area contributed by atoms with E-state index >= 15 is 0 Å². The fourth-order valence-electron chi connectivity index (χ4n) is 0.568. The Morgan fingerprint density at radius 2 is 2.00 bits per heavy atom. The Labute approximate surface area is 67.6 Å². The Hall–Kier alpha value is -0.810. The SMILES string of the molecule is CC(C)N=C(NN)NN(C)C. The predicted octanol–water partition coefficient (Wildman–Crippen LogP) is -0.720. The summed E-state index contributed by atoms with van der Waals surface area (Å²) in [4.78, 5) is 4.16. The minimum Gasteiger partial charge on any atom is -0.293 e. The van der Waals surface area contributed by atoms with Crippen LogP contribution in [0.2, 0.25) is 0 Å². The molecule has 66 valence electrons. The van der Waals surface area contributed by atoms with Crippen molar-refractivity contribution in [1.29, 1.82) is 0 Å². The zero-order chi connectivity index (χ0) is 8.85. The molecule has 0 rings (SSSR count). The van der Waals surface area contributed by atoms with Crippen molar-refractivity contribution in [3.8, 4) is 0 Å². The second kappa shape index (κ2) is 4.92. The fraction of sp³-hybridized carbons (Fsp3) is 0.833. The number of guanidine groups is 1. The van der Waals surface area contributed by atoms with Crippen molar-refractivity contribution in [2.75, 3.05) is 14.1 Å². The van der Waals surface area contributed by atoms with E-state index in [-0.39, 0.29) is 6.04 Å². The lowest BCUT2D eigenvalue weighted by Crippen LogP contribution is -2.47. The molecule has 0 aromatic rings. The maximum absolute atomic E-state index is 5.20. The second-order valence-electron chi connectivity index (χ2n) is 2.72. The molecule has 0 aromatic heterocycles. The van der Waals surface area contributed by atoms with E-state index < -0.39 is 0 Å². The number of hydrazine groups is 2. The lowest BCUT2D eigenvalue weighted by atomic mass is 10.4. The Kier molecular flexibility index (Phi) is 4.56. The molecule has 0 aromatic carbocycles. The third-order valence-electron chi connectivity index (χ3n) is 0.854. The summed E-state index contributed by atoms with van der Waals surface area (Å²) >= 11 is 0. The average molecular weight is 159 g/mol. The third-order valence-corrected chi connectivity index (χ3v) is 0.854. The van der Waals surface area contributed by atoms with Gasteiger partial charge in [-0.15, -0.1) is 0 Å². The van der Waals surface area contributed by atoms with E-state index in [0.717, 1.165) is 0 Å². The highest BCUT2D eigenvalue weighted by Crippen LogP contribution is 1.84. The molecule has 5 heteroatoms. The fourth-order valence-corrected chi connectivity index (χ4v) is 0.568. The Bertz CT molecular complexity index is 129. The van der Waals surface area contributed by atoms with Crippen molar-refractivity contribution >= 4 is 5.96 Å². The first kappa shape index (κ1) is 10.2. The van der Waals surface area contributed by atoms with Crippen molar-refractivity contribution in [2.24, 2.45) is 10.8 Å². The highest BCUT2D eigenvalue weighted by Gasteiger charge is 1.96. The molecule has 0 aliphatic heterocycles. The summed E-state index contributed by atoms with van der Waals surface area (Å²) in [5, 5.41) is 1.76. The van der Waals surface area contributed by atoms with Gasteiger partial charge in [-0.3, -0.25) is 10.9 Å². The second-order valence-corrected chi connectivity index (χ2v) is 2.72. The lowest BCUT2D eigenvalue weighted by molar-refractivity contribution is 0.355. The number of nitrogens with two attached hydrogens (primary N) is 1. The Morgan fingerprint density at radius 3 is 2.27 bits per heavy atom. The number of aliphatic imine (C=N–C) groups is 1. The largest absolute Gasteiger partial charge is 0.293 e. The van der Waals surface area contributed by atoms with Gasteiger partial charge in [0.15, 0.2) is 0 Å². The van der Waals surface area contributed by atoms with Gasteiger partial charge in [-0.1, -0.05) is 0 Å². The molecule has 0 spiro atoms. The first-order valence-electron chi connectivity index (χ1n) is 3.54. The predicted molar refractivity (Wildman–Crippen MR) is 46.7 cm³/mol. The molecule has 0 saturated carbocycles. The van der Waals surface area contributed by atoms with E-state index in [0.29, 0.717) is 5.96 Å². The van der Waals surface area contributed by atoms with Crippen LogP contribution in [0.5, 0.6) is 0 Å². The molecule has 0 amide bonds. The van der Waals surface area contributed by atoms with Crippen molar-refractivity contribution in [3.63, 3.8) is 0 Å². The third kappa shape index (κ3) is 5.63. The van der Waals surface area contributed by atoms with Crippen LogP contribution in [0.1, 0.15) is 13.8 Å². The molecule has 0 heterocycles. The molecule has 5 nitrogen and oxygen atoms in total. The van der Waals surface area contributed by atoms with Crippen molar-refractivity contribution in [2.45, 2.75) is 19.9 Å². The lowest BCUT2D eigenvalue weighted by Gasteiger charge is -2.15. The zero-order valence-electron chi connectivity index (χ0n) is 7.55. The molecule has 0 radical (unpaired) electrons. The summed E-state index contributed by atoms with van der Waals surface area (Å²) < 4.78 is 0. The van der Waals surface area contributed by atoms with Crippen LogP contribution in [0.3, 0.4) is 0 Å². The van der Waals surface area contributed by atoms with Gasteiger partial charge < -0.3 is 0 Å². The molecule has 0 aliphatic carbocycles. The summed E-state index contributed by atoms with van der Waals surface area (Å²) in [5.74, 6) is 5.77. The number of rotatable bonds is 2. The molecule has 0 saturated heterocycles. The van der Waals surface area contributed by atoms with Gasteiger partial charge in [0.2, 0.25) is 5.96 Å². The van der Waals surface area contributed by atoms with Crippen molar-refractivity contribution in [1.82, 2.24) is 15.9 Å². The van der Waals surface area contributed by atoms with Gasteiger partial charge in [-0.25, -0.2) is 15.8 Å². The van der Waals surface area contributed by atoms with Crippen LogP contribution in [0.4, 0.5) is 0 Å². The van der Waals surface area contributed by atoms with E-state index in [1.165, 1.54) is 0 Å². The van der Waals surface area contributed by atoms with Crippen LogP contribution in [-0.4, -0.2) is 31.1 Å². The minimum absolute atomic E-state index is 0.230. The first-order chi connectivity index (χ1) is 5.06. The molecular weight excluding hydrogens is 142 g/mol. The van der Waals surface area contributed by atoms with E-state index in [1.54, 1.807) is 5.01 Å². The van der Waals surface area contributed by atoms with Gasteiger partial charge in [0.05, 0.1) is 0 Å². The molecular formula is C6H17N5.